The molecule has 1 amide bonds. The highest BCUT2D eigenvalue weighted by molar-refractivity contribution is 6.04. The van der Waals surface area contributed by atoms with Gasteiger partial charge in [0.15, 0.2) is 6.10 Å². The molecule has 3 aromatic carbocycles. The van der Waals surface area contributed by atoms with E-state index in [9.17, 15) is 9.59 Å². The molecule has 1 N–H and O–H groups in total. The highest BCUT2D eigenvalue weighted by atomic mass is 16.5. The Morgan fingerprint density at radius 3 is 2.40 bits per heavy atom. The van der Waals surface area contributed by atoms with Crippen LogP contribution in [0.5, 0.6) is 0 Å². The highest BCUT2D eigenvalue weighted by Crippen LogP contribution is 2.23. The number of ether oxygens (including phenoxy) is 1. The quantitative estimate of drug-likeness (QED) is 0.508. The molecule has 6 nitrogen and oxygen atoms in total. The van der Waals surface area contributed by atoms with Crippen LogP contribution in [0.1, 0.15) is 28.7 Å². The van der Waals surface area contributed by atoms with Crippen LogP contribution in [-0.4, -0.2) is 27.9 Å². The average Bonchev–Trinajstić information content (AvgIpc) is 2.74. The van der Waals surface area contributed by atoms with Gasteiger partial charge in [-0.3, -0.25) is 4.79 Å². The Kier molecular flexibility index (Phi) is 5.14. The van der Waals surface area contributed by atoms with Crippen LogP contribution < -0.4 is 5.32 Å². The van der Waals surface area contributed by atoms with E-state index >= 15 is 0 Å². The Bertz CT molecular complexity index is 1280. The maximum absolute atomic E-state index is 12.6. The zero-order valence-corrected chi connectivity index (χ0v) is 17.0. The van der Waals surface area contributed by atoms with Crippen molar-refractivity contribution in [2.24, 2.45) is 0 Å². The zero-order chi connectivity index (χ0) is 21.3. The van der Waals surface area contributed by atoms with Crippen LogP contribution in [0, 0.1) is 13.8 Å². The molecule has 6 heteroatoms. The first-order chi connectivity index (χ1) is 14.4. The molecular weight excluding hydrogens is 378 g/mol. The summed E-state index contributed by atoms with van der Waals surface area (Å²) in [5.41, 5.74) is 3.96. The Hall–Kier alpha value is -3.80. The fourth-order valence-corrected chi connectivity index (χ4v) is 3.21. The molecule has 1 aromatic heterocycles. The van der Waals surface area contributed by atoms with Crippen molar-refractivity contribution in [3.63, 3.8) is 0 Å². The van der Waals surface area contributed by atoms with Gasteiger partial charge in [0.1, 0.15) is 0 Å². The van der Waals surface area contributed by atoms with Gasteiger partial charge < -0.3 is 10.1 Å². The van der Waals surface area contributed by atoms with Gasteiger partial charge in [-0.2, -0.15) is 0 Å². The fourth-order valence-electron chi connectivity index (χ4n) is 3.21. The third-order valence-electron chi connectivity index (χ3n) is 5.01. The summed E-state index contributed by atoms with van der Waals surface area (Å²) >= 11 is 0. The number of nitrogens with zero attached hydrogens (tertiary/aromatic N) is 2. The van der Waals surface area contributed by atoms with Crippen LogP contribution in [-0.2, 0) is 9.53 Å². The summed E-state index contributed by atoms with van der Waals surface area (Å²) in [4.78, 5) is 34.1. The lowest BCUT2D eigenvalue weighted by Gasteiger charge is -2.15. The molecule has 0 aliphatic carbocycles. The van der Waals surface area contributed by atoms with Crippen molar-refractivity contribution in [3.8, 4) is 0 Å². The second-order valence-electron chi connectivity index (χ2n) is 7.16. The van der Waals surface area contributed by atoms with Crippen LogP contribution >= 0.6 is 0 Å². The van der Waals surface area contributed by atoms with Crippen molar-refractivity contribution < 1.29 is 14.3 Å². The molecule has 0 saturated carbocycles. The minimum Gasteiger partial charge on any atom is -0.449 e. The lowest BCUT2D eigenvalue weighted by molar-refractivity contribution is -0.123. The molecule has 1 atom stereocenters. The zero-order valence-electron chi connectivity index (χ0n) is 17.0. The smallest absolute Gasteiger partial charge is 0.338 e. The minimum absolute atomic E-state index is 0.324. The van der Waals surface area contributed by atoms with Gasteiger partial charge in [-0.15, -0.1) is 0 Å². The molecule has 4 rings (SSSR count). The van der Waals surface area contributed by atoms with Crippen molar-refractivity contribution in [2.75, 3.05) is 5.32 Å². The van der Waals surface area contributed by atoms with Gasteiger partial charge in [-0.1, -0.05) is 36.4 Å². The van der Waals surface area contributed by atoms with Crippen LogP contribution in [0.15, 0.2) is 60.7 Å². The molecule has 0 spiro atoms. The predicted octanol–water partition coefficient (Wildman–Crippen LogP) is 4.58. The molecule has 0 saturated heterocycles. The maximum atomic E-state index is 12.6. The molecule has 0 bridgehead atoms. The summed E-state index contributed by atoms with van der Waals surface area (Å²) in [6.45, 7) is 5.30. The number of benzene rings is 3. The number of fused-ring (bicyclic) bond motifs is 2. The summed E-state index contributed by atoms with van der Waals surface area (Å²) in [5.74, 6) is -0.982. The molecule has 4 aromatic rings. The minimum atomic E-state index is -0.960. The summed E-state index contributed by atoms with van der Waals surface area (Å²) in [6.07, 6.45) is -0.960. The van der Waals surface area contributed by atoms with E-state index in [1.54, 1.807) is 25.1 Å². The number of nitrogens with one attached hydrogen (secondary N) is 1. The van der Waals surface area contributed by atoms with Gasteiger partial charge in [0.05, 0.1) is 28.0 Å². The lowest BCUT2D eigenvalue weighted by atomic mass is 10.1. The van der Waals surface area contributed by atoms with Gasteiger partial charge in [-0.05, 0) is 50.4 Å². The molecule has 0 unspecified atom stereocenters. The van der Waals surface area contributed by atoms with E-state index in [0.717, 1.165) is 22.2 Å². The van der Waals surface area contributed by atoms with Crippen LogP contribution in [0.25, 0.3) is 21.8 Å². The van der Waals surface area contributed by atoms with Gasteiger partial charge in [-0.25, -0.2) is 14.8 Å². The normalized spacial score (nSPS) is 12.0. The number of hydrogen-bond donors (Lipinski definition) is 1. The largest absolute Gasteiger partial charge is 0.449 e. The molecule has 0 fully saturated rings. The van der Waals surface area contributed by atoms with Crippen LogP contribution in [0.3, 0.4) is 0 Å². The Labute approximate surface area is 173 Å². The van der Waals surface area contributed by atoms with Gasteiger partial charge in [0.25, 0.3) is 5.91 Å². The molecule has 0 aliphatic rings. The van der Waals surface area contributed by atoms with E-state index in [1.165, 1.54) is 0 Å². The summed E-state index contributed by atoms with van der Waals surface area (Å²) in [5, 5.41) is 4.78. The molecular formula is C24H21N3O3. The first-order valence-electron chi connectivity index (χ1n) is 9.67. The van der Waals surface area contributed by atoms with E-state index in [-0.39, 0.29) is 0 Å². The molecule has 30 heavy (non-hydrogen) atoms. The molecule has 150 valence electrons. The van der Waals surface area contributed by atoms with Gasteiger partial charge in [0, 0.05) is 11.1 Å². The SMILES string of the molecule is Cc1nc2ccc(C(=O)O[C@@H](C)C(=O)Nc3cccc4ccccc34)cc2nc1C. The molecule has 0 radical (unpaired) electrons. The number of amides is 1. The maximum Gasteiger partial charge on any atom is 0.338 e. The van der Waals surface area contributed by atoms with E-state index in [4.69, 9.17) is 4.74 Å². The van der Waals surface area contributed by atoms with E-state index in [0.29, 0.717) is 22.3 Å². The molecule has 0 aliphatic heterocycles. The second-order valence-corrected chi connectivity index (χ2v) is 7.16. The highest BCUT2D eigenvalue weighted by Gasteiger charge is 2.20. The Morgan fingerprint density at radius 1 is 0.900 bits per heavy atom. The number of rotatable bonds is 4. The molecule has 1 heterocycles. The second kappa shape index (κ2) is 7.91. The fraction of sp³-hybridized carbons (Fsp3) is 0.167. The predicted molar refractivity (Wildman–Crippen MR) is 116 cm³/mol. The third kappa shape index (κ3) is 3.85. The van der Waals surface area contributed by atoms with Gasteiger partial charge >= 0.3 is 5.97 Å². The monoisotopic (exact) mass is 399 g/mol. The first kappa shape index (κ1) is 19.5. The van der Waals surface area contributed by atoms with Crippen LogP contribution in [0.4, 0.5) is 5.69 Å². The lowest BCUT2D eigenvalue weighted by Crippen LogP contribution is -2.30. The van der Waals surface area contributed by atoms with Crippen LogP contribution in [0.2, 0.25) is 0 Å². The first-order valence-corrected chi connectivity index (χ1v) is 9.67. The number of aryl methyl sites for hydroxylation is 2. The topological polar surface area (TPSA) is 81.2 Å². The number of hydrogen-bond acceptors (Lipinski definition) is 5. The Morgan fingerprint density at radius 2 is 1.60 bits per heavy atom. The summed E-state index contributed by atoms with van der Waals surface area (Å²) in [6, 6.07) is 18.4. The standard InChI is InChI=1S/C24H21N3O3/c1-14-15(2)26-22-13-18(11-12-21(22)25-14)24(29)30-16(3)23(28)27-20-10-6-8-17-7-4-5-9-19(17)20/h4-13,16H,1-3H3,(H,27,28)/t16-/m0/s1. The van der Waals surface area contributed by atoms with Crippen molar-refractivity contribution in [1.82, 2.24) is 9.97 Å². The van der Waals surface area contributed by atoms with E-state index < -0.39 is 18.0 Å². The average molecular weight is 399 g/mol. The van der Waals surface area contributed by atoms with Crippen molar-refractivity contribution >= 4 is 39.4 Å². The number of aromatic nitrogens is 2. The third-order valence-corrected chi connectivity index (χ3v) is 5.01. The van der Waals surface area contributed by atoms with Crippen molar-refractivity contribution in [2.45, 2.75) is 26.9 Å². The number of carbonyl (C=O) groups is 2. The van der Waals surface area contributed by atoms with E-state index in [1.807, 2.05) is 56.3 Å². The van der Waals surface area contributed by atoms with Gasteiger partial charge in [0.2, 0.25) is 0 Å². The van der Waals surface area contributed by atoms with Crippen molar-refractivity contribution in [1.29, 1.82) is 0 Å². The Balaban J connectivity index is 1.49. The number of anilines is 1. The number of esters is 1. The van der Waals surface area contributed by atoms with Crippen molar-refractivity contribution in [3.05, 3.63) is 77.6 Å². The summed E-state index contributed by atoms with van der Waals surface area (Å²) in [7, 11) is 0. The summed E-state index contributed by atoms with van der Waals surface area (Å²) < 4.78 is 5.39. The number of carbonyl (C=O) groups excluding carboxylic acids is 2. The van der Waals surface area contributed by atoms with E-state index in [2.05, 4.69) is 15.3 Å².